The lowest BCUT2D eigenvalue weighted by molar-refractivity contribution is 0.187. The molecule has 1 fully saturated rings. The zero-order chi connectivity index (χ0) is 12.3. The van der Waals surface area contributed by atoms with Crippen LogP contribution in [0.2, 0.25) is 0 Å². The first kappa shape index (κ1) is 12.3. The fourth-order valence-electron chi connectivity index (χ4n) is 1.79. The molecule has 1 unspecified atom stereocenters. The van der Waals surface area contributed by atoms with Crippen LogP contribution < -0.4 is 10.5 Å². The fraction of sp³-hybridized carbons (Fsp3) is 0.455. The van der Waals surface area contributed by atoms with Gasteiger partial charge in [0.2, 0.25) is 10.0 Å². The highest BCUT2D eigenvalue weighted by Crippen LogP contribution is 2.17. The molecule has 1 saturated heterocycles. The third-order valence-electron chi connectivity index (χ3n) is 2.78. The summed E-state index contributed by atoms with van der Waals surface area (Å²) in [7, 11) is -3.63. The van der Waals surface area contributed by atoms with Gasteiger partial charge in [0, 0.05) is 24.8 Å². The molecule has 0 saturated carbocycles. The number of primary sulfonamides is 1. The van der Waals surface area contributed by atoms with Crippen molar-refractivity contribution in [3.8, 4) is 0 Å². The van der Waals surface area contributed by atoms with Gasteiger partial charge in [0.05, 0.1) is 11.5 Å². The van der Waals surface area contributed by atoms with E-state index in [4.69, 9.17) is 9.88 Å². The van der Waals surface area contributed by atoms with E-state index in [9.17, 15) is 8.42 Å². The van der Waals surface area contributed by atoms with Gasteiger partial charge in [0.25, 0.3) is 0 Å². The summed E-state index contributed by atoms with van der Waals surface area (Å²) >= 11 is 0. The number of nitrogens with one attached hydrogen (secondary N) is 1. The van der Waals surface area contributed by atoms with Crippen LogP contribution in [-0.2, 0) is 14.8 Å². The summed E-state index contributed by atoms with van der Waals surface area (Å²) in [5.74, 6) is 0.494. The van der Waals surface area contributed by atoms with E-state index in [2.05, 4.69) is 5.32 Å². The van der Waals surface area contributed by atoms with Crippen molar-refractivity contribution >= 4 is 15.7 Å². The van der Waals surface area contributed by atoms with Crippen molar-refractivity contribution in [2.24, 2.45) is 11.1 Å². The molecule has 1 aliphatic heterocycles. The zero-order valence-electron chi connectivity index (χ0n) is 9.43. The molecule has 1 aromatic carbocycles. The van der Waals surface area contributed by atoms with Crippen molar-refractivity contribution in [3.05, 3.63) is 24.3 Å². The van der Waals surface area contributed by atoms with E-state index in [1.54, 1.807) is 12.1 Å². The molecule has 1 heterocycles. The Morgan fingerprint density at radius 2 is 2.29 bits per heavy atom. The molecule has 94 valence electrons. The van der Waals surface area contributed by atoms with Crippen LogP contribution in [0.25, 0.3) is 0 Å². The molecule has 0 amide bonds. The number of hydrogen-bond acceptors (Lipinski definition) is 4. The standard InChI is InChI=1S/C11H16N2O3S/c12-17(14,15)11-3-1-2-10(6-11)13-7-9-4-5-16-8-9/h1-3,6,9,13H,4-5,7-8H2,(H2,12,14,15). The summed E-state index contributed by atoms with van der Waals surface area (Å²) in [6.07, 6.45) is 1.04. The molecule has 1 aliphatic rings. The molecule has 1 atom stereocenters. The molecule has 3 N–H and O–H groups in total. The van der Waals surface area contributed by atoms with E-state index in [1.165, 1.54) is 6.07 Å². The van der Waals surface area contributed by atoms with Crippen LogP contribution in [0.1, 0.15) is 6.42 Å². The van der Waals surface area contributed by atoms with Crippen LogP contribution in [0.15, 0.2) is 29.2 Å². The molecule has 0 bridgehead atoms. The van der Waals surface area contributed by atoms with Crippen molar-refractivity contribution in [2.45, 2.75) is 11.3 Å². The van der Waals surface area contributed by atoms with Gasteiger partial charge in [0.15, 0.2) is 0 Å². The Morgan fingerprint density at radius 1 is 1.47 bits per heavy atom. The SMILES string of the molecule is NS(=O)(=O)c1cccc(NCC2CCOC2)c1. The Balaban J connectivity index is 2.01. The lowest BCUT2D eigenvalue weighted by Crippen LogP contribution is -2.15. The summed E-state index contributed by atoms with van der Waals surface area (Å²) in [5.41, 5.74) is 0.767. The molecule has 0 aromatic heterocycles. The summed E-state index contributed by atoms with van der Waals surface area (Å²) < 4.78 is 27.6. The highest BCUT2D eigenvalue weighted by molar-refractivity contribution is 7.89. The molecule has 6 heteroatoms. The normalized spacial score (nSPS) is 20.4. The molecule has 1 aromatic rings. The Morgan fingerprint density at radius 3 is 2.94 bits per heavy atom. The molecule has 2 rings (SSSR count). The van der Waals surface area contributed by atoms with E-state index in [0.717, 1.165) is 31.9 Å². The molecule has 0 aliphatic carbocycles. The number of anilines is 1. The second kappa shape index (κ2) is 5.03. The Kier molecular flexibility index (Phi) is 3.66. The Labute approximate surface area is 101 Å². The summed E-state index contributed by atoms with van der Waals surface area (Å²) in [6.45, 7) is 2.36. The lowest BCUT2D eigenvalue weighted by Gasteiger charge is -2.11. The first-order valence-corrected chi connectivity index (χ1v) is 7.05. The monoisotopic (exact) mass is 256 g/mol. The summed E-state index contributed by atoms with van der Waals surface area (Å²) in [5, 5.41) is 8.27. The Bertz CT molecular complexity index is 481. The summed E-state index contributed by atoms with van der Waals surface area (Å²) in [4.78, 5) is 0.130. The maximum atomic E-state index is 11.2. The fourth-order valence-corrected chi connectivity index (χ4v) is 2.35. The van der Waals surface area contributed by atoms with E-state index < -0.39 is 10.0 Å². The van der Waals surface area contributed by atoms with Gasteiger partial charge in [-0.2, -0.15) is 0 Å². The van der Waals surface area contributed by atoms with Crippen LogP contribution in [0.4, 0.5) is 5.69 Å². The number of benzene rings is 1. The number of rotatable bonds is 4. The van der Waals surface area contributed by atoms with Crippen molar-refractivity contribution in [1.82, 2.24) is 0 Å². The minimum Gasteiger partial charge on any atom is -0.385 e. The van der Waals surface area contributed by atoms with Crippen LogP contribution >= 0.6 is 0 Å². The maximum Gasteiger partial charge on any atom is 0.238 e. The molecule has 17 heavy (non-hydrogen) atoms. The third-order valence-corrected chi connectivity index (χ3v) is 3.69. The molecular weight excluding hydrogens is 240 g/mol. The van der Waals surface area contributed by atoms with Gasteiger partial charge in [-0.1, -0.05) is 6.07 Å². The van der Waals surface area contributed by atoms with Gasteiger partial charge >= 0.3 is 0 Å². The largest absolute Gasteiger partial charge is 0.385 e. The number of hydrogen-bond donors (Lipinski definition) is 2. The highest BCUT2D eigenvalue weighted by Gasteiger charge is 2.15. The van der Waals surface area contributed by atoms with Gasteiger partial charge in [0.1, 0.15) is 0 Å². The van der Waals surface area contributed by atoms with E-state index in [0.29, 0.717) is 5.92 Å². The van der Waals surface area contributed by atoms with Gasteiger partial charge < -0.3 is 10.1 Å². The summed E-state index contributed by atoms with van der Waals surface area (Å²) in [6, 6.07) is 6.53. The molecule has 5 nitrogen and oxygen atoms in total. The number of nitrogens with two attached hydrogens (primary N) is 1. The van der Waals surface area contributed by atoms with Crippen LogP contribution in [0.5, 0.6) is 0 Å². The minimum absolute atomic E-state index is 0.130. The van der Waals surface area contributed by atoms with E-state index in [1.807, 2.05) is 6.07 Å². The van der Waals surface area contributed by atoms with Crippen molar-refractivity contribution in [3.63, 3.8) is 0 Å². The second-order valence-corrected chi connectivity index (χ2v) is 5.74. The first-order chi connectivity index (χ1) is 8.05. The van der Waals surface area contributed by atoms with Crippen molar-refractivity contribution < 1.29 is 13.2 Å². The van der Waals surface area contributed by atoms with Crippen molar-refractivity contribution in [2.75, 3.05) is 25.1 Å². The number of ether oxygens (including phenoxy) is 1. The van der Waals surface area contributed by atoms with Crippen LogP contribution in [0, 0.1) is 5.92 Å². The zero-order valence-corrected chi connectivity index (χ0v) is 10.2. The molecular formula is C11H16N2O3S. The van der Waals surface area contributed by atoms with Gasteiger partial charge in [-0.05, 0) is 24.6 Å². The minimum atomic E-state index is -3.63. The second-order valence-electron chi connectivity index (χ2n) is 4.18. The lowest BCUT2D eigenvalue weighted by atomic mass is 10.1. The maximum absolute atomic E-state index is 11.2. The topological polar surface area (TPSA) is 81.4 Å². The Hall–Kier alpha value is -1.11. The van der Waals surface area contributed by atoms with Gasteiger partial charge in [-0.15, -0.1) is 0 Å². The van der Waals surface area contributed by atoms with E-state index >= 15 is 0 Å². The predicted molar refractivity (Wildman–Crippen MR) is 65.2 cm³/mol. The van der Waals surface area contributed by atoms with Crippen LogP contribution in [0.3, 0.4) is 0 Å². The molecule has 0 radical (unpaired) electrons. The average Bonchev–Trinajstić information content (AvgIpc) is 2.78. The first-order valence-electron chi connectivity index (χ1n) is 5.50. The third kappa shape index (κ3) is 3.42. The predicted octanol–water partition coefficient (Wildman–Crippen LogP) is 0.782. The number of sulfonamides is 1. The van der Waals surface area contributed by atoms with Gasteiger partial charge in [-0.25, -0.2) is 13.6 Å². The van der Waals surface area contributed by atoms with Crippen LogP contribution in [-0.4, -0.2) is 28.2 Å². The highest BCUT2D eigenvalue weighted by atomic mass is 32.2. The smallest absolute Gasteiger partial charge is 0.238 e. The van der Waals surface area contributed by atoms with Gasteiger partial charge in [-0.3, -0.25) is 0 Å². The van der Waals surface area contributed by atoms with Crippen molar-refractivity contribution in [1.29, 1.82) is 0 Å². The molecule has 0 spiro atoms. The average molecular weight is 256 g/mol. The van der Waals surface area contributed by atoms with E-state index in [-0.39, 0.29) is 4.90 Å². The quantitative estimate of drug-likeness (QED) is 0.834.